The Morgan fingerprint density at radius 2 is 2.15 bits per heavy atom. The first kappa shape index (κ1) is 18.1. The van der Waals surface area contributed by atoms with Crippen molar-refractivity contribution in [3.8, 4) is 0 Å². The van der Waals surface area contributed by atoms with Crippen LogP contribution in [-0.4, -0.2) is 58.4 Å². The van der Waals surface area contributed by atoms with Crippen molar-refractivity contribution in [2.45, 2.75) is 37.6 Å². The maximum absolute atomic E-state index is 11.0. The number of aromatic nitrogens is 3. The molecule has 0 spiro atoms. The second-order valence-corrected chi connectivity index (χ2v) is 7.83. The number of carboxylic acid groups (broad SMARTS) is 1. The van der Waals surface area contributed by atoms with Crippen LogP contribution < -0.4 is 10.2 Å². The van der Waals surface area contributed by atoms with Crippen LogP contribution in [0.5, 0.6) is 0 Å². The lowest BCUT2D eigenvalue weighted by atomic mass is 9.98. The topological polar surface area (TPSA) is 100 Å². The number of carboxylic acids is 1. The Bertz CT molecular complexity index is 785. The van der Waals surface area contributed by atoms with E-state index in [2.05, 4.69) is 25.2 Å². The van der Waals surface area contributed by atoms with Crippen molar-refractivity contribution in [2.75, 3.05) is 36.5 Å². The standard InChI is InChI=1S/C18H23N5O3S/c24-17(25)14-11-27-16(21-14)12-4-7-23(8-5-12)18-19-6-3-15(22-18)20-13-2-1-9-26-10-13/h3,6,11-13H,1-2,4-5,7-10H2,(H,24,25)(H,19,20,22). The Balaban J connectivity index is 1.36. The van der Waals surface area contributed by atoms with Crippen LogP contribution >= 0.6 is 11.3 Å². The molecule has 2 aromatic rings. The molecule has 9 heteroatoms. The van der Waals surface area contributed by atoms with Gasteiger partial charge in [0.15, 0.2) is 5.69 Å². The largest absolute Gasteiger partial charge is 0.476 e. The number of piperidine rings is 1. The number of aromatic carboxylic acids is 1. The molecular formula is C18H23N5O3S. The molecule has 2 aliphatic heterocycles. The number of hydrogen-bond donors (Lipinski definition) is 2. The number of rotatable bonds is 5. The molecule has 2 aliphatic rings. The van der Waals surface area contributed by atoms with Gasteiger partial charge in [-0.05, 0) is 31.7 Å². The van der Waals surface area contributed by atoms with E-state index in [1.807, 2.05) is 6.07 Å². The number of ether oxygens (including phenoxy) is 1. The summed E-state index contributed by atoms with van der Waals surface area (Å²) in [6.07, 6.45) is 5.80. The Hall–Kier alpha value is -2.26. The maximum Gasteiger partial charge on any atom is 0.355 e. The lowest BCUT2D eigenvalue weighted by Crippen LogP contribution is -2.34. The second kappa shape index (κ2) is 8.18. The van der Waals surface area contributed by atoms with Crippen LogP contribution in [0.4, 0.5) is 11.8 Å². The summed E-state index contributed by atoms with van der Waals surface area (Å²) in [4.78, 5) is 26.6. The fourth-order valence-electron chi connectivity index (χ4n) is 3.54. The highest BCUT2D eigenvalue weighted by Gasteiger charge is 2.25. The van der Waals surface area contributed by atoms with Gasteiger partial charge < -0.3 is 20.1 Å². The highest BCUT2D eigenvalue weighted by Crippen LogP contribution is 2.31. The molecule has 8 nitrogen and oxygen atoms in total. The molecular weight excluding hydrogens is 366 g/mol. The van der Waals surface area contributed by atoms with E-state index in [0.717, 1.165) is 68.8 Å². The molecule has 0 aromatic carbocycles. The quantitative estimate of drug-likeness (QED) is 0.805. The van der Waals surface area contributed by atoms with Gasteiger partial charge in [-0.25, -0.2) is 14.8 Å². The van der Waals surface area contributed by atoms with Crippen LogP contribution in [0.25, 0.3) is 0 Å². The minimum Gasteiger partial charge on any atom is -0.476 e. The smallest absolute Gasteiger partial charge is 0.355 e. The number of nitrogens with zero attached hydrogens (tertiary/aromatic N) is 4. The van der Waals surface area contributed by atoms with Crippen LogP contribution in [0.1, 0.15) is 47.1 Å². The summed E-state index contributed by atoms with van der Waals surface area (Å²) in [6, 6.07) is 2.20. The molecule has 2 aromatic heterocycles. The molecule has 27 heavy (non-hydrogen) atoms. The van der Waals surface area contributed by atoms with Gasteiger partial charge in [-0.2, -0.15) is 4.98 Å². The van der Waals surface area contributed by atoms with Crippen LogP contribution in [0, 0.1) is 0 Å². The van der Waals surface area contributed by atoms with Crippen molar-refractivity contribution in [1.82, 2.24) is 15.0 Å². The highest BCUT2D eigenvalue weighted by molar-refractivity contribution is 7.09. The van der Waals surface area contributed by atoms with Crippen molar-refractivity contribution >= 4 is 29.1 Å². The average molecular weight is 389 g/mol. The molecule has 0 amide bonds. The zero-order chi connectivity index (χ0) is 18.6. The van der Waals surface area contributed by atoms with Crippen LogP contribution in [0.3, 0.4) is 0 Å². The Kier molecular flexibility index (Phi) is 5.49. The fraction of sp³-hybridized carbons (Fsp3) is 0.556. The van der Waals surface area contributed by atoms with Gasteiger partial charge in [0.1, 0.15) is 5.82 Å². The maximum atomic E-state index is 11.0. The van der Waals surface area contributed by atoms with E-state index in [-0.39, 0.29) is 5.69 Å². The summed E-state index contributed by atoms with van der Waals surface area (Å²) in [5.41, 5.74) is 0.145. The van der Waals surface area contributed by atoms with Crippen LogP contribution in [0.2, 0.25) is 0 Å². The van der Waals surface area contributed by atoms with Gasteiger partial charge in [0, 0.05) is 37.2 Å². The molecule has 1 atom stereocenters. The van der Waals surface area contributed by atoms with E-state index in [9.17, 15) is 4.79 Å². The number of thiazole rings is 1. The van der Waals surface area contributed by atoms with E-state index in [4.69, 9.17) is 9.84 Å². The third-order valence-electron chi connectivity index (χ3n) is 5.02. The zero-order valence-corrected chi connectivity index (χ0v) is 15.8. The molecule has 0 radical (unpaired) electrons. The molecule has 0 bridgehead atoms. The normalized spacial score (nSPS) is 21.2. The molecule has 1 unspecified atom stereocenters. The molecule has 4 rings (SSSR count). The van der Waals surface area contributed by atoms with Crippen molar-refractivity contribution in [3.05, 3.63) is 28.3 Å². The lowest BCUT2D eigenvalue weighted by molar-refractivity contribution is 0.0691. The first-order valence-corrected chi connectivity index (χ1v) is 10.2. The van der Waals surface area contributed by atoms with Crippen LogP contribution in [-0.2, 0) is 4.74 Å². The van der Waals surface area contributed by atoms with Gasteiger partial charge in [-0.3, -0.25) is 0 Å². The Labute approximate surface area is 161 Å². The molecule has 0 saturated carbocycles. The van der Waals surface area contributed by atoms with E-state index in [1.54, 1.807) is 11.6 Å². The van der Waals surface area contributed by atoms with Gasteiger partial charge >= 0.3 is 5.97 Å². The lowest BCUT2D eigenvalue weighted by Gasteiger charge is -2.31. The third-order valence-corrected chi connectivity index (χ3v) is 6.03. The molecule has 2 saturated heterocycles. The summed E-state index contributed by atoms with van der Waals surface area (Å²) in [5.74, 6) is 0.917. The Morgan fingerprint density at radius 1 is 1.30 bits per heavy atom. The van der Waals surface area contributed by atoms with Gasteiger partial charge in [-0.15, -0.1) is 11.3 Å². The zero-order valence-electron chi connectivity index (χ0n) is 15.0. The van der Waals surface area contributed by atoms with E-state index in [0.29, 0.717) is 12.0 Å². The minimum absolute atomic E-state index is 0.145. The average Bonchev–Trinajstić information content (AvgIpc) is 3.20. The second-order valence-electron chi connectivity index (χ2n) is 6.94. The van der Waals surface area contributed by atoms with Gasteiger partial charge in [0.25, 0.3) is 0 Å². The molecule has 2 N–H and O–H groups in total. The first-order chi connectivity index (χ1) is 13.2. The van der Waals surface area contributed by atoms with Gasteiger partial charge in [0.2, 0.25) is 5.95 Å². The number of nitrogens with one attached hydrogen (secondary N) is 1. The highest BCUT2D eigenvalue weighted by atomic mass is 32.1. The number of hydrogen-bond acceptors (Lipinski definition) is 8. The first-order valence-electron chi connectivity index (χ1n) is 9.30. The summed E-state index contributed by atoms with van der Waals surface area (Å²) < 4.78 is 5.51. The predicted molar refractivity (Wildman–Crippen MR) is 103 cm³/mol. The Morgan fingerprint density at radius 3 is 2.85 bits per heavy atom. The van der Waals surface area contributed by atoms with E-state index in [1.165, 1.54) is 11.3 Å². The van der Waals surface area contributed by atoms with E-state index < -0.39 is 5.97 Å². The van der Waals surface area contributed by atoms with Crippen molar-refractivity contribution in [1.29, 1.82) is 0 Å². The molecule has 0 aliphatic carbocycles. The monoisotopic (exact) mass is 389 g/mol. The SMILES string of the molecule is O=C(O)c1csc(C2CCN(c3nccc(NC4CCCOC4)n3)CC2)n1. The van der Waals surface area contributed by atoms with Crippen molar-refractivity contribution in [3.63, 3.8) is 0 Å². The number of carbonyl (C=O) groups is 1. The van der Waals surface area contributed by atoms with Crippen molar-refractivity contribution < 1.29 is 14.6 Å². The summed E-state index contributed by atoms with van der Waals surface area (Å²) in [5, 5.41) is 15.0. The van der Waals surface area contributed by atoms with Gasteiger partial charge in [-0.1, -0.05) is 0 Å². The summed E-state index contributed by atoms with van der Waals surface area (Å²) in [7, 11) is 0. The number of anilines is 2. The summed E-state index contributed by atoms with van der Waals surface area (Å²) in [6.45, 7) is 3.23. The van der Waals surface area contributed by atoms with Crippen LogP contribution in [0.15, 0.2) is 17.6 Å². The summed E-state index contributed by atoms with van der Waals surface area (Å²) >= 11 is 1.44. The predicted octanol–water partition coefficient (Wildman–Crippen LogP) is 2.61. The minimum atomic E-state index is -0.962. The molecule has 2 fully saturated rings. The third kappa shape index (κ3) is 4.36. The fourth-order valence-corrected chi connectivity index (χ4v) is 4.51. The van der Waals surface area contributed by atoms with E-state index >= 15 is 0 Å². The molecule has 144 valence electrons. The molecule has 4 heterocycles. The van der Waals surface area contributed by atoms with Gasteiger partial charge in [0.05, 0.1) is 17.7 Å². The van der Waals surface area contributed by atoms with Crippen molar-refractivity contribution in [2.24, 2.45) is 0 Å².